The summed E-state index contributed by atoms with van der Waals surface area (Å²) in [6.07, 6.45) is 3.07. The van der Waals surface area contributed by atoms with Crippen molar-refractivity contribution in [3.63, 3.8) is 0 Å². The Morgan fingerprint density at radius 3 is 2.58 bits per heavy atom. The average molecular weight is 426 g/mol. The van der Waals surface area contributed by atoms with Gasteiger partial charge in [-0.2, -0.15) is 13.2 Å². The van der Waals surface area contributed by atoms with Gasteiger partial charge in [0.05, 0.1) is 0 Å². The molecule has 2 rings (SSSR count). The molecule has 1 heterocycles. The van der Waals surface area contributed by atoms with E-state index in [0.29, 0.717) is 5.70 Å². The zero-order chi connectivity index (χ0) is 23.0. The highest BCUT2D eigenvalue weighted by molar-refractivity contribution is 6.38. The van der Waals surface area contributed by atoms with E-state index in [4.69, 9.17) is 0 Å². The van der Waals surface area contributed by atoms with Crippen LogP contribution in [0.15, 0.2) is 73.5 Å². The summed E-state index contributed by atoms with van der Waals surface area (Å²) in [5, 5.41) is 3.15. The highest BCUT2D eigenvalue weighted by Crippen LogP contribution is 2.30. The molecular weight excluding hydrogens is 394 g/mol. The summed E-state index contributed by atoms with van der Waals surface area (Å²) in [5.41, 5.74) is 7.22. The van der Waals surface area contributed by atoms with Gasteiger partial charge in [0.15, 0.2) is 0 Å². The molecule has 0 aromatic heterocycles. The summed E-state index contributed by atoms with van der Waals surface area (Å²) in [7, 11) is 2.13. The minimum absolute atomic E-state index is 0.00212. The molecule has 1 aliphatic rings. The van der Waals surface area contributed by atoms with Crippen LogP contribution in [-0.2, 0) is 12.7 Å². The molecule has 1 atom stereocenters. The molecule has 1 aromatic carbocycles. The number of halogens is 3. The van der Waals surface area contributed by atoms with Crippen LogP contribution < -0.4 is 5.32 Å². The normalized spacial score (nSPS) is 15.8. The Bertz CT molecular complexity index is 864. The zero-order valence-electron chi connectivity index (χ0n) is 18.5. The van der Waals surface area contributed by atoms with Crippen LogP contribution in [0.3, 0.4) is 0 Å². The van der Waals surface area contributed by atoms with E-state index in [1.807, 2.05) is 25.1 Å². The summed E-state index contributed by atoms with van der Waals surface area (Å²) >= 11 is 0. The second-order valence-electron chi connectivity index (χ2n) is 8.14. The third-order valence-corrected chi connectivity index (χ3v) is 5.58. The number of hydrogen-bond acceptors (Lipinski definition) is 1. The molecule has 1 N–H and O–H groups in total. The molecule has 1 aromatic rings. The van der Waals surface area contributed by atoms with Crippen molar-refractivity contribution in [2.45, 2.75) is 63.9 Å². The molecule has 1 unspecified atom stereocenters. The van der Waals surface area contributed by atoms with Gasteiger partial charge in [0.1, 0.15) is 7.28 Å². The van der Waals surface area contributed by atoms with Crippen LogP contribution in [-0.4, -0.2) is 19.4 Å². The van der Waals surface area contributed by atoms with Gasteiger partial charge in [0, 0.05) is 12.1 Å². The first-order valence-electron chi connectivity index (χ1n) is 10.7. The van der Waals surface area contributed by atoms with Gasteiger partial charge in [-0.1, -0.05) is 63.0 Å². The van der Waals surface area contributed by atoms with E-state index < -0.39 is 12.6 Å². The number of allylic oxidation sites excluding steroid dienone is 6. The number of hydrogen-bond donors (Lipinski definition) is 1. The van der Waals surface area contributed by atoms with Crippen molar-refractivity contribution in [2.75, 3.05) is 0 Å². The van der Waals surface area contributed by atoms with Crippen LogP contribution in [0.25, 0.3) is 5.57 Å². The lowest BCUT2D eigenvalue weighted by atomic mass is 9.57. The van der Waals surface area contributed by atoms with Crippen LogP contribution in [0.4, 0.5) is 13.2 Å². The van der Waals surface area contributed by atoms with Gasteiger partial charge in [0.25, 0.3) is 0 Å². The summed E-state index contributed by atoms with van der Waals surface area (Å²) in [5.74, 6) is -0.00212. The minimum atomic E-state index is -4.16. The quantitative estimate of drug-likeness (QED) is 0.294. The fraction of sp³-hybridized carbons (Fsp3) is 0.385. The molecule has 1 radical (unpaired) electrons. The van der Waals surface area contributed by atoms with Gasteiger partial charge in [-0.25, -0.2) is 0 Å². The van der Waals surface area contributed by atoms with E-state index in [9.17, 15) is 13.2 Å². The molecule has 0 amide bonds. The van der Waals surface area contributed by atoms with Crippen LogP contribution >= 0.6 is 0 Å². The Labute approximate surface area is 185 Å². The molecule has 0 fully saturated rings. The Kier molecular flexibility index (Phi) is 9.03. The number of alkyl halides is 3. The highest BCUT2D eigenvalue weighted by atomic mass is 19.4. The van der Waals surface area contributed by atoms with Crippen molar-refractivity contribution in [1.82, 2.24) is 5.32 Å². The van der Waals surface area contributed by atoms with Gasteiger partial charge in [-0.3, -0.25) is 0 Å². The maximum Gasteiger partial charge on any atom is 0.389 e. The molecule has 5 heteroatoms. The van der Waals surface area contributed by atoms with Gasteiger partial charge < -0.3 is 5.32 Å². The predicted molar refractivity (Wildman–Crippen MR) is 127 cm³/mol. The summed E-state index contributed by atoms with van der Waals surface area (Å²) in [6, 6.07) is 6.24. The monoisotopic (exact) mass is 426 g/mol. The van der Waals surface area contributed by atoms with Gasteiger partial charge in [-0.05, 0) is 78.4 Å². The first-order chi connectivity index (χ1) is 14.6. The van der Waals surface area contributed by atoms with E-state index in [1.54, 1.807) is 0 Å². The van der Waals surface area contributed by atoms with Crippen LogP contribution in [0, 0.1) is 0 Å². The standard InChI is InChI=1S/C26H32BF3N/c1-6-9-18(2)19(3)10-7-11-20(4)23-13-8-12-22-16-25(27-17-24(22)23)31-21(5)14-15-26(28,29)30/h6,8-9,12-13,25,31H,2-5,7,10-11,14-17H2,1H3/b9-6-. The summed E-state index contributed by atoms with van der Waals surface area (Å²) < 4.78 is 37.3. The zero-order valence-corrected chi connectivity index (χ0v) is 18.5. The van der Waals surface area contributed by atoms with E-state index in [-0.39, 0.29) is 12.4 Å². The van der Waals surface area contributed by atoms with E-state index in [1.165, 1.54) is 16.7 Å². The van der Waals surface area contributed by atoms with E-state index in [2.05, 4.69) is 51.0 Å². The van der Waals surface area contributed by atoms with Crippen LogP contribution in [0.5, 0.6) is 0 Å². The first kappa shape index (κ1) is 24.8. The maximum atomic E-state index is 12.4. The van der Waals surface area contributed by atoms with Crippen LogP contribution in [0.2, 0.25) is 0 Å². The number of nitrogens with one attached hydrogen (secondary N) is 1. The SMILES string of the molecule is C=C(CCC(F)(F)F)NC1[B]Cc2c(cccc2C(=C)CCCC(=C)C(=C)/C=C\C)C1. The lowest BCUT2D eigenvalue weighted by molar-refractivity contribution is -0.134. The number of rotatable bonds is 11. The van der Waals surface area contributed by atoms with Crippen molar-refractivity contribution >= 4 is 12.9 Å². The van der Waals surface area contributed by atoms with Gasteiger partial charge in [0.2, 0.25) is 0 Å². The number of benzene rings is 1. The molecule has 0 saturated heterocycles. The topological polar surface area (TPSA) is 12.0 Å². The smallest absolute Gasteiger partial charge is 0.389 e. The van der Waals surface area contributed by atoms with E-state index >= 15 is 0 Å². The Hall–Kier alpha value is -2.43. The molecule has 0 saturated carbocycles. The molecular formula is C26H32BF3N. The maximum absolute atomic E-state index is 12.4. The molecule has 0 spiro atoms. The predicted octanol–water partition coefficient (Wildman–Crippen LogP) is 7.09. The second-order valence-corrected chi connectivity index (χ2v) is 8.14. The molecule has 0 bridgehead atoms. The highest BCUT2D eigenvalue weighted by Gasteiger charge is 2.28. The summed E-state index contributed by atoms with van der Waals surface area (Å²) in [4.78, 5) is 0. The lowest BCUT2D eigenvalue weighted by Crippen LogP contribution is -2.40. The third-order valence-electron chi connectivity index (χ3n) is 5.58. The van der Waals surface area contributed by atoms with Gasteiger partial charge in [-0.15, -0.1) is 0 Å². The second kappa shape index (κ2) is 11.3. The average Bonchev–Trinajstić information content (AvgIpc) is 2.71. The fourth-order valence-corrected chi connectivity index (χ4v) is 3.84. The van der Waals surface area contributed by atoms with Crippen LogP contribution in [0.1, 0.15) is 55.7 Å². The molecule has 1 aliphatic heterocycles. The fourth-order valence-electron chi connectivity index (χ4n) is 3.84. The van der Waals surface area contributed by atoms with E-state index in [0.717, 1.165) is 48.7 Å². The Morgan fingerprint density at radius 2 is 1.90 bits per heavy atom. The Balaban J connectivity index is 1.92. The van der Waals surface area contributed by atoms with Crippen molar-refractivity contribution in [1.29, 1.82) is 0 Å². The lowest BCUT2D eigenvalue weighted by Gasteiger charge is -2.28. The summed E-state index contributed by atoms with van der Waals surface area (Å²) in [6.45, 7) is 18.2. The Morgan fingerprint density at radius 1 is 1.16 bits per heavy atom. The van der Waals surface area contributed by atoms with Crippen molar-refractivity contribution in [3.8, 4) is 0 Å². The van der Waals surface area contributed by atoms with Crippen molar-refractivity contribution in [3.05, 3.63) is 90.2 Å². The number of fused-ring (bicyclic) bond motifs is 1. The largest absolute Gasteiger partial charge is 0.394 e. The minimum Gasteiger partial charge on any atom is -0.394 e. The molecule has 165 valence electrons. The van der Waals surface area contributed by atoms with Gasteiger partial charge >= 0.3 is 6.18 Å². The third kappa shape index (κ3) is 7.97. The van der Waals surface area contributed by atoms with Crippen molar-refractivity contribution in [2.24, 2.45) is 0 Å². The van der Waals surface area contributed by atoms with Crippen molar-refractivity contribution < 1.29 is 13.2 Å². The molecule has 31 heavy (non-hydrogen) atoms. The molecule has 0 aliphatic carbocycles. The molecule has 1 nitrogen and oxygen atoms in total. The first-order valence-corrected chi connectivity index (χ1v) is 10.7.